The number of hydrogen-bond acceptors (Lipinski definition) is 6. The summed E-state index contributed by atoms with van der Waals surface area (Å²) in [5.74, 6) is 0. The van der Waals surface area contributed by atoms with Crippen LogP contribution in [0.4, 0.5) is 0 Å². The number of hydrogen-bond donors (Lipinski definition) is 3. The molecule has 1 aliphatic heterocycles. The van der Waals surface area contributed by atoms with Crippen LogP contribution in [0.3, 0.4) is 0 Å². The van der Waals surface area contributed by atoms with E-state index in [9.17, 15) is 15.3 Å². The van der Waals surface area contributed by atoms with Gasteiger partial charge in [-0.25, -0.2) is 4.98 Å². The van der Waals surface area contributed by atoms with Gasteiger partial charge in [0.25, 0.3) is 0 Å². The van der Waals surface area contributed by atoms with Crippen molar-refractivity contribution in [1.29, 1.82) is 0 Å². The maximum atomic E-state index is 10.3. The summed E-state index contributed by atoms with van der Waals surface area (Å²) in [7, 11) is 0. The summed E-state index contributed by atoms with van der Waals surface area (Å²) in [6, 6.07) is 4.01. The summed E-state index contributed by atoms with van der Waals surface area (Å²) in [6.07, 6.45) is -1.88. The minimum Gasteiger partial charge on any atom is -0.394 e. The number of imidazole rings is 1. The molecule has 2 aromatic rings. The summed E-state index contributed by atoms with van der Waals surface area (Å²) < 4.78 is 7.46. The molecular weight excluding hydrogens is 304 g/mol. The monoisotopic (exact) mass is 324 g/mol. The molecule has 1 fully saturated rings. The molecule has 4 atom stereocenters. The number of aryl methyl sites for hydroxylation is 2. The van der Waals surface area contributed by atoms with Crippen molar-refractivity contribution in [2.75, 3.05) is 12.9 Å². The van der Waals surface area contributed by atoms with Crippen LogP contribution in [-0.4, -0.2) is 56.0 Å². The van der Waals surface area contributed by atoms with Gasteiger partial charge < -0.3 is 20.1 Å². The van der Waals surface area contributed by atoms with Crippen molar-refractivity contribution in [3.8, 4) is 0 Å². The van der Waals surface area contributed by atoms with Crippen LogP contribution >= 0.6 is 11.8 Å². The number of fused-ring (bicyclic) bond motifs is 1. The third kappa shape index (κ3) is 2.33. The predicted molar refractivity (Wildman–Crippen MR) is 84.0 cm³/mol. The van der Waals surface area contributed by atoms with Gasteiger partial charge in [0.1, 0.15) is 18.3 Å². The van der Waals surface area contributed by atoms with Gasteiger partial charge in [0.2, 0.25) is 0 Å². The molecule has 1 saturated heterocycles. The molecule has 0 saturated carbocycles. The molecule has 0 amide bonds. The normalized spacial score (nSPS) is 28.6. The molecule has 0 spiro atoms. The van der Waals surface area contributed by atoms with Crippen molar-refractivity contribution < 1.29 is 20.1 Å². The number of nitrogens with zero attached hydrogens (tertiary/aromatic N) is 2. The van der Waals surface area contributed by atoms with Gasteiger partial charge in [0.05, 0.1) is 17.6 Å². The van der Waals surface area contributed by atoms with E-state index in [1.165, 1.54) is 11.8 Å². The number of aliphatic hydroxyl groups is 3. The Hall–Kier alpha value is -1.12. The maximum absolute atomic E-state index is 10.3. The fourth-order valence-electron chi connectivity index (χ4n) is 2.81. The second-order valence-corrected chi connectivity index (χ2v) is 6.40. The maximum Gasteiger partial charge on any atom is 0.170 e. The molecule has 2 heterocycles. The Bertz CT molecular complexity index is 702. The molecule has 1 aliphatic rings. The average molecular weight is 324 g/mol. The zero-order chi connectivity index (χ0) is 16.0. The van der Waals surface area contributed by atoms with E-state index < -0.39 is 24.5 Å². The summed E-state index contributed by atoms with van der Waals surface area (Å²) in [4.78, 5) is 4.58. The summed E-state index contributed by atoms with van der Waals surface area (Å²) in [6.45, 7) is 3.70. The van der Waals surface area contributed by atoms with E-state index in [1.54, 1.807) is 4.57 Å². The topological polar surface area (TPSA) is 87.7 Å². The Kier molecular flexibility index (Phi) is 4.17. The molecule has 3 rings (SSSR count). The van der Waals surface area contributed by atoms with Crippen LogP contribution in [0.2, 0.25) is 0 Å². The molecule has 3 N–H and O–H groups in total. The minimum absolute atomic E-state index is 0.339. The van der Waals surface area contributed by atoms with Gasteiger partial charge in [-0.2, -0.15) is 0 Å². The largest absolute Gasteiger partial charge is 0.394 e. The number of thioether (sulfide) groups is 1. The average Bonchev–Trinajstić information content (AvgIpc) is 2.98. The zero-order valence-electron chi connectivity index (χ0n) is 12.7. The third-order valence-corrected chi connectivity index (χ3v) is 4.88. The molecule has 22 heavy (non-hydrogen) atoms. The lowest BCUT2D eigenvalue weighted by atomic mass is 10.1. The summed E-state index contributed by atoms with van der Waals surface area (Å²) in [5, 5.41) is 30.2. The van der Waals surface area contributed by atoms with E-state index in [4.69, 9.17) is 4.74 Å². The highest BCUT2D eigenvalue weighted by atomic mass is 32.2. The Labute approximate surface area is 132 Å². The van der Waals surface area contributed by atoms with Crippen molar-refractivity contribution in [3.63, 3.8) is 0 Å². The number of aromatic nitrogens is 2. The van der Waals surface area contributed by atoms with E-state index in [0.717, 1.165) is 22.2 Å². The summed E-state index contributed by atoms with van der Waals surface area (Å²) >= 11 is 1.45. The fourth-order valence-corrected chi connectivity index (χ4v) is 3.40. The summed E-state index contributed by atoms with van der Waals surface area (Å²) in [5.41, 5.74) is 3.94. The fraction of sp³-hybridized carbons (Fsp3) is 0.533. The number of ether oxygens (including phenoxy) is 1. The standard InChI is InChI=1S/C15H20N2O4S/c1-7-4-9-10(5-8(7)2)17(15(16-9)22-3)14-13(20)12(19)11(6-18)21-14/h4-5,11-14,18-20H,6H2,1-3H3/t11-,12+,13+,14-/m0/s1. The van der Waals surface area contributed by atoms with Gasteiger partial charge in [0, 0.05) is 0 Å². The van der Waals surface area contributed by atoms with Crippen LogP contribution in [0.25, 0.3) is 11.0 Å². The lowest BCUT2D eigenvalue weighted by molar-refractivity contribution is -0.0545. The van der Waals surface area contributed by atoms with Crippen LogP contribution in [0.15, 0.2) is 17.3 Å². The highest BCUT2D eigenvalue weighted by Gasteiger charge is 2.44. The van der Waals surface area contributed by atoms with Gasteiger partial charge in [-0.3, -0.25) is 4.57 Å². The van der Waals surface area contributed by atoms with Crippen molar-refractivity contribution in [3.05, 3.63) is 23.3 Å². The van der Waals surface area contributed by atoms with E-state index in [0.29, 0.717) is 5.16 Å². The Morgan fingerprint density at radius 3 is 2.50 bits per heavy atom. The second-order valence-electron chi connectivity index (χ2n) is 5.62. The SMILES string of the molecule is CSc1nc2cc(C)c(C)cc2n1[C@H]1O[C@@H](CO)[C@@H](O)[C@H]1O. The number of aliphatic hydroxyl groups excluding tert-OH is 3. The highest BCUT2D eigenvalue weighted by molar-refractivity contribution is 7.98. The molecule has 0 radical (unpaired) electrons. The molecule has 7 heteroatoms. The van der Waals surface area contributed by atoms with Crippen LogP contribution in [0.1, 0.15) is 17.4 Å². The first kappa shape index (κ1) is 15.8. The van der Waals surface area contributed by atoms with E-state index in [2.05, 4.69) is 4.98 Å². The quantitative estimate of drug-likeness (QED) is 0.730. The second kappa shape index (κ2) is 5.82. The first-order chi connectivity index (χ1) is 10.5. The molecular formula is C15H20N2O4S. The van der Waals surface area contributed by atoms with Gasteiger partial charge in [0.15, 0.2) is 11.4 Å². The molecule has 6 nitrogen and oxygen atoms in total. The van der Waals surface area contributed by atoms with Crippen LogP contribution in [0.5, 0.6) is 0 Å². The number of benzene rings is 1. The first-order valence-corrected chi connectivity index (χ1v) is 8.36. The van der Waals surface area contributed by atoms with Gasteiger partial charge in [-0.15, -0.1) is 0 Å². The van der Waals surface area contributed by atoms with E-state index in [1.807, 2.05) is 32.2 Å². The van der Waals surface area contributed by atoms with E-state index >= 15 is 0 Å². The van der Waals surface area contributed by atoms with Crippen molar-refractivity contribution >= 4 is 22.8 Å². The van der Waals surface area contributed by atoms with Gasteiger partial charge in [-0.1, -0.05) is 11.8 Å². The van der Waals surface area contributed by atoms with Crippen molar-refractivity contribution in [2.24, 2.45) is 0 Å². The molecule has 0 aliphatic carbocycles. The Morgan fingerprint density at radius 2 is 1.91 bits per heavy atom. The lowest BCUT2D eigenvalue weighted by Gasteiger charge is -2.19. The minimum atomic E-state index is -1.12. The third-order valence-electron chi connectivity index (χ3n) is 4.23. The smallest absolute Gasteiger partial charge is 0.170 e. The molecule has 1 aromatic heterocycles. The molecule has 1 aromatic carbocycles. The van der Waals surface area contributed by atoms with Gasteiger partial charge in [-0.05, 0) is 43.4 Å². The highest BCUT2D eigenvalue weighted by Crippen LogP contribution is 2.36. The van der Waals surface area contributed by atoms with E-state index in [-0.39, 0.29) is 6.61 Å². The molecule has 0 unspecified atom stereocenters. The Balaban J connectivity index is 2.15. The predicted octanol–water partition coefficient (Wildman–Crippen LogP) is 0.987. The zero-order valence-corrected chi connectivity index (χ0v) is 13.5. The van der Waals surface area contributed by atoms with Crippen LogP contribution in [-0.2, 0) is 4.74 Å². The number of rotatable bonds is 3. The van der Waals surface area contributed by atoms with Crippen LogP contribution in [0, 0.1) is 13.8 Å². The molecule has 120 valence electrons. The molecule has 0 bridgehead atoms. The van der Waals surface area contributed by atoms with Crippen molar-refractivity contribution in [2.45, 2.75) is 43.5 Å². The van der Waals surface area contributed by atoms with Crippen LogP contribution < -0.4 is 0 Å². The van der Waals surface area contributed by atoms with Gasteiger partial charge >= 0.3 is 0 Å². The first-order valence-electron chi connectivity index (χ1n) is 7.13. The Morgan fingerprint density at radius 1 is 1.23 bits per heavy atom. The van der Waals surface area contributed by atoms with Crippen molar-refractivity contribution in [1.82, 2.24) is 9.55 Å². The lowest BCUT2D eigenvalue weighted by Crippen LogP contribution is -2.33.